The van der Waals surface area contributed by atoms with Crippen LogP contribution in [0.2, 0.25) is 0 Å². The Kier molecular flexibility index (Phi) is 5.89. The summed E-state index contributed by atoms with van der Waals surface area (Å²) in [5.41, 5.74) is 0. The molecular formula is C14H28N2O2. The number of aliphatic hydroxyl groups is 1. The molecule has 0 spiro atoms. The fraction of sp³-hybridized carbons (Fsp3) is 1.00. The average Bonchev–Trinajstić information content (AvgIpc) is 2.76. The van der Waals surface area contributed by atoms with Gasteiger partial charge in [0, 0.05) is 19.6 Å². The third-order valence-corrected chi connectivity index (χ3v) is 4.28. The maximum absolute atomic E-state index is 9.82. The van der Waals surface area contributed by atoms with Crippen molar-refractivity contribution in [1.29, 1.82) is 0 Å². The van der Waals surface area contributed by atoms with Gasteiger partial charge in [0.15, 0.2) is 0 Å². The lowest BCUT2D eigenvalue weighted by Gasteiger charge is -2.28. The zero-order chi connectivity index (χ0) is 12.8. The van der Waals surface area contributed by atoms with Gasteiger partial charge in [0.25, 0.3) is 0 Å². The molecule has 2 rings (SSSR count). The molecule has 0 amide bonds. The Bertz CT molecular complexity index is 232. The molecule has 2 fully saturated rings. The molecule has 1 aliphatic carbocycles. The van der Waals surface area contributed by atoms with Crippen LogP contribution in [0.1, 0.15) is 25.7 Å². The van der Waals surface area contributed by atoms with Crippen molar-refractivity contribution >= 4 is 0 Å². The second-order valence-corrected chi connectivity index (χ2v) is 5.83. The SMILES string of the molecule is CN(CCCN1CCOCC1)CC1CCCC1O. The van der Waals surface area contributed by atoms with Crippen molar-refractivity contribution in [3.05, 3.63) is 0 Å². The normalized spacial score (nSPS) is 30.2. The molecule has 1 heterocycles. The Hall–Kier alpha value is -0.160. The van der Waals surface area contributed by atoms with Gasteiger partial charge in [0.1, 0.15) is 0 Å². The van der Waals surface area contributed by atoms with Crippen LogP contribution in [-0.4, -0.2) is 74.0 Å². The summed E-state index contributed by atoms with van der Waals surface area (Å²) in [4.78, 5) is 4.88. The van der Waals surface area contributed by atoms with Gasteiger partial charge >= 0.3 is 0 Å². The highest BCUT2D eigenvalue weighted by atomic mass is 16.5. The summed E-state index contributed by atoms with van der Waals surface area (Å²) in [6.45, 7) is 7.34. The minimum atomic E-state index is -0.0494. The van der Waals surface area contributed by atoms with Crippen LogP contribution in [-0.2, 0) is 4.74 Å². The highest BCUT2D eigenvalue weighted by Gasteiger charge is 2.25. The summed E-state index contributed by atoms with van der Waals surface area (Å²) in [5.74, 6) is 0.512. The molecule has 0 aromatic carbocycles. The van der Waals surface area contributed by atoms with E-state index in [2.05, 4.69) is 16.8 Å². The van der Waals surface area contributed by atoms with Gasteiger partial charge in [-0.2, -0.15) is 0 Å². The van der Waals surface area contributed by atoms with E-state index < -0.39 is 0 Å². The van der Waals surface area contributed by atoms with Crippen molar-refractivity contribution in [2.24, 2.45) is 5.92 Å². The second-order valence-electron chi connectivity index (χ2n) is 5.83. The zero-order valence-corrected chi connectivity index (χ0v) is 11.7. The topological polar surface area (TPSA) is 35.9 Å². The summed E-state index contributed by atoms with van der Waals surface area (Å²) in [7, 11) is 2.18. The van der Waals surface area contributed by atoms with E-state index in [1.807, 2.05) is 0 Å². The number of hydrogen-bond acceptors (Lipinski definition) is 4. The van der Waals surface area contributed by atoms with Gasteiger partial charge in [0.05, 0.1) is 19.3 Å². The summed E-state index contributed by atoms with van der Waals surface area (Å²) >= 11 is 0. The monoisotopic (exact) mass is 256 g/mol. The van der Waals surface area contributed by atoms with E-state index in [0.717, 1.165) is 45.8 Å². The van der Waals surface area contributed by atoms with Gasteiger partial charge in [-0.05, 0) is 45.3 Å². The summed E-state index contributed by atoms with van der Waals surface area (Å²) in [6, 6.07) is 0. The molecule has 18 heavy (non-hydrogen) atoms. The molecule has 0 bridgehead atoms. The van der Waals surface area contributed by atoms with Gasteiger partial charge < -0.3 is 14.7 Å². The van der Waals surface area contributed by atoms with E-state index in [9.17, 15) is 5.11 Å². The molecule has 1 saturated carbocycles. The Morgan fingerprint density at radius 1 is 1.28 bits per heavy atom. The Morgan fingerprint density at radius 3 is 2.72 bits per heavy atom. The molecule has 4 heteroatoms. The molecule has 0 aromatic rings. The molecule has 2 unspecified atom stereocenters. The molecule has 2 aliphatic rings. The Labute approximate surface area is 111 Å². The summed E-state index contributed by atoms with van der Waals surface area (Å²) < 4.78 is 5.35. The predicted octanol–water partition coefficient (Wildman–Crippen LogP) is 0.801. The lowest BCUT2D eigenvalue weighted by Crippen LogP contribution is -2.38. The highest BCUT2D eigenvalue weighted by molar-refractivity contribution is 4.78. The van der Waals surface area contributed by atoms with Gasteiger partial charge in [-0.3, -0.25) is 4.90 Å². The lowest BCUT2D eigenvalue weighted by molar-refractivity contribution is 0.0358. The lowest BCUT2D eigenvalue weighted by atomic mass is 10.1. The van der Waals surface area contributed by atoms with E-state index in [4.69, 9.17) is 4.74 Å². The van der Waals surface area contributed by atoms with Crippen molar-refractivity contribution in [2.45, 2.75) is 31.8 Å². The van der Waals surface area contributed by atoms with Crippen LogP contribution in [0.5, 0.6) is 0 Å². The van der Waals surface area contributed by atoms with Crippen molar-refractivity contribution < 1.29 is 9.84 Å². The second kappa shape index (κ2) is 7.43. The fourth-order valence-corrected chi connectivity index (χ4v) is 3.11. The predicted molar refractivity (Wildman–Crippen MR) is 72.7 cm³/mol. The van der Waals surface area contributed by atoms with Crippen molar-refractivity contribution in [2.75, 3.05) is 53.0 Å². The number of aliphatic hydroxyl groups excluding tert-OH is 1. The smallest absolute Gasteiger partial charge is 0.0594 e. The largest absolute Gasteiger partial charge is 0.393 e. The van der Waals surface area contributed by atoms with Crippen molar-refractivity contribution in [3.8, 4) is 0 Å². The Balaban J connectivity index is 1.55. The van der Waals surface area contributed by atoms with Crippen LogP contribution < -0.4 is 0 Å². The minimum Gasteiger partial charge on any atom is -0.393 e. The van der Waals surface area contributed by atoms with Crippen LogP contribution in [0, 0.1) is 5.92 Å². The van der Waals surface area contributed by atoms with Gasteiger partial charge in [0.2, 0.25) is 0 Å². The number of morpholine rings is 1. The van der Waals surface area contributed by atoms with Crippen molar-refractivity contribution in [1.82, 2.24) is 9.80 Å². The van der Waals surface area contributed by atoms with Crippen LogP contribution in [0.3, 0.4) is 0 Å². The average molecular weight is 256 g/mol. The van der Waals surface area contributed by atoms with Crippen LogP contribution in [0.15, 0.2) is 0 Å². The van der Waals surface area contributed by atoms with Gasteiger partial charge in [-0.1, -0.05) is 6.42 Å². The van der Waals surface area contributed by atoms with Crippen LogP contribution >= 0.6 is 0 Å². The van der Waals surface area contributed by atoms with E-state index >= 15 is 0 Å². The first-order valence-corrected chi connectivity index (χ1v) is 7.42. The standard InChI is InChI=1S/C14H28N2O2/c1-15(12-13-4-2-5-14(13)17)6-3-7-16-8-10-18-11-9-16/h13-14,17H,2-12H2,1H3. The quantitative estimate of drug-likeness (QED) is 0.762. The fourth-order valence-electron chi connectivity index (χ4n) is 3.11. The molecular weight excluding hydrogens is 228 g/mol. The Morgan fingerprint density at radius 2 is 2.06 bits per heavy atom. The molecule has 0 radical (unpaired) electrons. The molecule has 1 saturated heterocycles. The molecule has 4 nitrogen and oxygen atoms in total. The summed E-state index contributed by atoms with van der Waals surface area (Å²) in [5, 5.41) is 9.82. The molecule has 1 aliphatic heterocycles. The number of rotatable bonds is 6. The first-order valence-electron chi connectivity index (χ1n) is 7.42. The number of nitrogens with zero attached hydrogens (tertiary/aromatic N) is 2. The van der Waals surface area contributed by atoms with Gasteiger partial charge in [-0.25, -0.2) is 0 Å². The van der Waals surface area contributed by atoms with E-state index in [1.165, 1.54) is 25.8 Å². The minimum absolute atomic E-state index is 0.0494. The van der Waals surface area contributed by atoms with E-state index in [0.29, 0.717) is 5.92 Å². The van der Waals surface area contributed by atoms with Crippen molar-refractivity contribution in [3.63, 3.8) is 0 Å². The molecule has 2 atom stereocenters. The van der Waals surface area contributed by atoms with Gasteiger partial charge in [-0.15, -0.1) is 0 Å². The third-order valence-electron chi connectivity index (χ3n) is 4.28. The number of ether oxygens (including phenoxy) is 1. The van der Waals surface area contributed by atoms with Crippen LogP contribution in [0.25, 0.3) is 0 Å². The zero-order valence-electron chi connectivity index (χ0n) is 11.7. The first-order chi connectivity index (χ1) is 8.75. The van der Waals surface area contributed by atoms with Crippen LogP contribution in [0.4, 0.5) is 0 Å². The molecule has 1 N–H and O–H groups in total. The maximum atomic E-state index is 9.82. The van der Waals surface area contributed by atoms with E-state index in [1.54, 1.807) is 0 Å². The number of hydrogen-bond donors (Lipinski definition) is 1. The molecule has 0 aromatic heterocycles. The maximum Gasteiger partial charge on any atom is 0.0594 e. The third kappa shape index (κ3) is 4.50. The summed E-state index contributed by atoms with van der Waals surface area (Å²) in [6.07, 6.45) is 4.58. The van der Waals surface area contributed by atoms with E-state index in [-0.39, 0.29) is 6.10 Å². The highest BCUT2D eigenvalue weighted by Crippen LogP contribution is 2.25. The molecule has 106 valence electrons. The first kappa shape index (κ1) is 14.3.